The fourth-order valence-electron chi connectivity index (χ4n) is 4.34. The lowest BCUT2D eigenvalue weighted by molar-refractivity contribution is 0.0746. The number of hydrogen-bond donors (Lipinski definition) is 2. The number of hydrogen-bond acceptors (Lipinski definition) is 5. The van der Waals surface area contributed by atoms with E-state index in [-0.39, 0.29) is 16.9 Å². The Bertz CT molecular complexity index is 1270. The molecular formula is C28H30N4O3S. The summed E-state index contributed by atoms with van der Waals surface area (Å²) >= 11 is 5.34. The number of amides is 2. The molecule has 0 bridgehead atoms. The number of thiocarbonyl (C=S) groups is 1. The van der Waals surface area contributed by atoms with Gasteiger partial charge in [-0.3, -0.25) is 14.9 Å². The van der Waals surface area contributed by atoms with Crippen LogP contribution in [-0.2, 0) is 0 Å². The molecule has 3 aromatic rings. The molecule has 36 heavy (non-hydrogen) atoms. The van der Waals surface area contributed by atoms with Crippen molar-refractivity contribution in [2.75, 3.05) is 43.5 Å². The monoisotopic (exact) mass is 502 g/mol. The van der Waals surface area contributed by atoms with Crippen LogP contribution in [0.3, 0.4) is 0 Å². The predicted molar refractivity (Wildman–Crippen MR) is 147 cm³/mol. The molecule has 1 saturated heterocycles. The molecule has 2 N–H and O–H groups in total. The van der Waals surface area contributed by atoms with E-state index in [2.05, 4.69) is 15.5 Å². The zero-order valence-corrected chi connectivity index (χ0v) is 21.5. The van der Waals surface area contributed by atoms with Gasteiger partial charge >= 0.3 is 0 Å². The third-order valence-electron chi connectivity index (χ3n) is 6.32. The summed E-state index contributed by atoms with van der Waals surface area (Å²) in [5.74, 6) is 0.289. The van der Waals surface area contributed by atoms with Gasteiger partial charge in [-0.1, -0.05) is 30.3 Å². The van der Waals surface area contributed by atoms with Crippen molar-refractivity contribution in [1.29, 1.82) is 0 Å². The number of nitrogens with zero attached hydrogens (tertiary/aromatic N) is 2. The molecule has 0 unspecified atom stereocenters. The molecule has 1 fully saturated rings. The Morgan fingerprint density at radius 3 is 2.14 bits per heavy atom. The average Bonchev–Trinajstić information content (AvgIpc) is 2.89. The molecule has 0 atom stereocenters. The zero-order valence-electron chi connectivity index (χ0n) is 20.7. The van der Waals surface area contributed by atoms with Gasteiger partial charge in [0, 0.05) is 43.1 Å². The molecular weight excluding hydrogens is 472 g/mol. The van der Waals surface area contributed by atoms with Gasteiger partial charge in [0.1, 0.15) is 5.75 Å². The molecule has 7 nitrogen and oxygen atoms in total. The summed E-state index contributed by atoms with van der Waals surface area (Å²) in [4.78, 5) is 29.7. The van der Waals surface area contributed by atoms with Gasteiger partial charge in [-0.15, -0.1) is 0 Å². The second-order valence-electron chi connectivity index (χ2n) is 8.71. The molecule has 186 valence electrons. The highest BCUT2D eigenvalue weighted by Gasteiger charge is 2.23. The molecule has 3 aromatic carbocycles. The van der Waals surface area contributed by atoms with Gasteiger partial charge in [-0.25, -0.2) is 0 Å². The summed E-state index contributed by atoms with van der Waals surface area (Å²) in [6.45, 7) is 6.72. The first-order chi connectivity index (χ1) is 17.4. The molecule has 0 radical (unpaired) electrons. The highest BCUT2D eigenvalue weighted by Crippen LogP contribution is 2.23. The summed E-state index contributed by atoms with van der Waals surface area (Å²) in [6, 6.07) is 21.0. The minimum atomic E-state index is -0.331. The molecule has 1 heterocycles. The van der Waals surface area contributed by atoms with Crippen LogP contribution in [0.25, 0.3) is 0 Å². The molecule has 0 saturated carbocycles. The van der Waals surface area contributed by atoms with Crippen molar-refractivity contribution < 1.29 is 14.3 Å². The highest BCUT2D eigenvalue weighted by molar-refractivity contribution is 7.80. The van der Waals surface area contributed by atoms with Gasteiger partial charge in [0.05, 0.1) is 12.7 Å². The standard InChI is InChI=1S/C28H30N4O3S/c1-19-7-4-5-9-23(19)27(34)32-17-15-31(16-18-32)22-13-11-21(12-14-22)29-28(36)30-26(33)24-10-6-8-20(2)25(24)35-3/h4-14H,15-18H2,1-3H3,(H2,29,30,33,36). The Morgan fingerprint density at radius 1 is 0.833 bits per heavy atom. The molecule has 1 aliphatic rings. The summed E-state index contributed by atoms with van der Waals surface area (Å²) in [7, 11) is 1.54. The molecule has 1 aliphatic heterocycles. The van der Waals surface area contributed by atoms with Crippen LogP contribution in [0.4, 0.5) is 11.4 Å². The molecule has 0 spiro atoms. The maximum absolute atomic E-state index is 12.9. The minimum absolute atomic E-state index is 0.0890. The van der Waals surface area contributed by atoms with Crippen LogP contribution in [0, 0.1) is 13.8 Å². The maximum Gasteiger partial charge on any atom is 0.261 e. The van der Waals surface area contributed by atoms with Gasteiger partial charge in [-0.2, -0.15) is 0 Å². The Kier molecular flexibility index (Phi) is 7.85. The average molecular weight is 503 g/mol. The Hall–Kier alpha value is -3.91. The van der Waals surface area contributed by atoms with Crippen molar-refractivity contribution in [2.24, 2.45) is 0 Å². The van der Waals surface area contributed by atoms with Crippen LogP contribution in [0.2, 0.25) is 0 Å². The van der Waals surface area contributed by atoms with Gasteiger partial charge in [0.25, 0.3) is 11.8 Å². The number of carbonyl (C=O) groups excluding carboxylic acids is 2. The van der Waals surface area contributed by atoms with E-state index in [0.717, 1.165) is 41.2 Å². The van der Waals surface area contributed by atoms with Crippen LogP contribution in [0.1, 0.15) is 31.8 Å². The van der Waals surface area contributed by atoms with Crippen molar-refractivity contribution in [3.63, 3.8) is 0 Å². The number of nitrogens with one attached hydrogen (secondary N) is 2. The van der Waals surface area contributed by atoms with Crippen LogP contribution in [0.15, 0.2) is 66.7 Å². The summed E-state index contributed by atoms with van der Waals surface area (Å²) in [5, 5.41) is 5.98. The number of benzene rings is 3. The van der Waals surface area contributed by atoms with Crippen LogP contribution < -0.4 is 20.3 Å². The van der Waals surface area contributed by atoms with E-state index in [1.807, 2.05) is 73.3 Å². The van der Waals surface area contributed by atoms with E-state index < -0.39 is 0 Å². The van der Waals surface area contributed by atoms with E-state index >= 15 is 0 Å². The van der Waals surface area contributed by atoms with Crippen molar-refractivity contribution in [3.8, 4) is 5.75 Å². The smallest absolute Gasteiger partial charge is 0.261 e. The summed E-state index contributed by atoms with van der Waals surface area (Å²) in [6.07, 6.45) is 0. The second-order valence-corrected chi connectivity index (χ2v) is 9.11. The minimum Gasteiger partial charge on any atom is -0.496 e. The normalized spacial score (nSPS) is 13.2. The van der Waals surface area contributed by atoms with E-state index in [0.29, 0.717) is 24.4 Å². The molecule has 0 aliphatic carbocycles. The van der Waals surface area contributed by atoms with Crippen molar-refractivity contribution in [2.45, 2.75) is 13.8 Å². The van der Waals surface area contributed by atoms with Crippen molar-refractivity contribution in [1.82, 2.24) is 10.2 Å². The fourth-order valence-corrected chi connectivity index (χ4v) is 4.55. The largest absolute Gasteiger partial charge is 0.496 e. The topological polar surface area (TPSA) is 73.9 Å². The highest BCUT2D eigenvalue weighted by atomic mass is 32.1. The van der Waals surface area contributed by atoms with E-state index in [9.17, 15) is 9.59 Å². The first-order valence-electron chi connectivity index (χ1n) is 11.8. The predicted octanol–water partition coefficient (Wildman–Crippen LogP) is 4.40. The summed E-state index contributed by atoms with van der Waals surface area (Å²) < 4.78 is 5.36. The van der Waals surface area contributed by atoms with Gasteiger partial charge < -0.3 is 19.9 Å². The first-order valence-corrected chi connectivity index (χ1v) is 12.2. The van der Waals surface area contributed by atoms with Crippen molar-refractivity contribution in [3.05, 3.63) is 89.0 Å². The number of para-hydroxylation sites is 1. The van der Waals surface area contributed by atoms with Crippen LogP contribution in [0.5, 0.6) is 5.75 Å². The third kappa shape index (κ3) is 5.66. The van der Waals surface area contributed by atoms with Crippen molar-refractivity contribution >= 4 is 40.5 Å². The van der Waals surface area contributed by atoms with Crippen LogP contribution in [-0.4, -0.2) is 55.1 Å². The number of methoxy groups -OCH3 is 1. The zero-order chi connectivity index (χ0) is 25.7. The molecule has 4 rings (SSSR count). The SMILES string of the molecule is COc1c(C)cccc1C(=O)NC(=S)Nc1ccc(N2CCN(C(=O)c3ccccc3C)CC2)cc1. The number of anilines is 2. The molecule has 0 aromatic heterocycles. The number of ether oxygens (including phenoxy) is 1. The lowest BCUT2D eigenvalue weighted by atomic mass is 10.1. The number of carbonyl (C=O) groups is 2. The Balaban J connectivity index is 1.31. The van der Waals surface area contributed by atoms with Crippen LogP contribution >= 0.6 is 12.2 Å². The second kappa shape index (κ2) is 11.2. The lowest BCUT2D eigenvalue weighted by Gasteiger charge is -2.36. The number of piperazine rings is 1. The Morgan fingerprint density at radius 2 is 1.47 bits per heavy atom. The van der Waals surface area contributed by atoms with Gasteiger partial charge in [-0.05, 0) is 73.6 Å². The number of aryl methyl sites for hydroxylation is 2. The van der Waals surface area contributed by atoms with Gasteiger partial charge in [0.15, 0.2) is 5.11 Å². The van der Waals surface area contributed by atoms with Gasteiger partial charge in [0.2, 0.25) is 0 Å². The third-order valence-corrected chi connectivity index (χ3v) is 6.52. The summed E-state index contributed by atoms with van der Waals surface area (Å²) in [5.41, 5.74) is 4.92. The lowest BCUT2D eigenvalue weighted by Crippen LogP contribution is -2.48. The molecule has 2 amide bonds. The molecule has 8 heteroatoms. The van der Waals surface area contributed by atoms with E-state index in [1.165, 1.54) is 0 Å². The van der Waals surface area contributed by atoms with E-state index in [1.54, 1.807) is 19.2 Å². The number of rotatable bonds is 5. The quantitative estimate of drug-likeness (QED) is 0.504. The Labute approximate surface area is 217 Å². The van der Waals surface area contributed by atoms with E-state index in [4.69, 9.17) is 17.0 Å². The first kappa shape index (κ1) is 25.2. The maximum atomic E-state index is 12.9. The fraction of sp³-hybridized carbons (Fsp3) is 0.250.